The highest BCUT2D eigenvalue weighted by Gasteiger charge is 2.45. The molecule has 3 aromatic rings. The topological polar surface area (TPSA) is 111 Å². The lowest BCUT2D eigenvalue weighted by atomic mass is 9.92. The maximum Gasteiger partial charge on any atom is 0.573 e. The van der Waals surface area contributed by atoms with Gasteiger partial charge in [0.05, 0.1) is 23.9 Å². The van der Waals surface area contributed by atoms with Crippen molar-refractivity contribution in [3.05, 3.63) is 88.8 Å². The summed E-state index contributed by atoms with van der Waals surface area (Å²) >= 11 is 0. The molecule has 198 valence electrons. The molecule has 9 nitrogen and oxygen atoms in total. The largest absolute Gasteiger partial charge is 0.573 e. The summed E-state index contributed by atoms with van der Waals surface area (Å²) in [7, 11) is 1.53. The van der Waals surface area contributed by atoms with Gasteiger partial charge < -0.3 is 19.3 Å². The molecule has 38 heavy (non-hydrogen) atoms. The Bertz CT molecular complexity index is 1340. The van der Waals surface area contributed by atoms with Gasteiger partial charge in [-0.2, -0.15) is 5.10 Å². The summed E-state index contributed by atoms with van der Waals surface area (Å²) in [6, 6.07) is 12.6. The van der Waals surface area contributed by atoms with Crippen molar-refractivity contribution in [1.29, 1.82) is 0 Å². The Morgan fingerprint density at radius 3 is 2.21 bits per heavy atom. The Hall–Kier alpha value is -4.45. The molecule has 0 saturated carbocycles. The standard InChI is InChI=1S/C26H22F3N3O6/c1-15-3-12-20(31-30-15)32-22(16-4-10-19(11-5-16)38-26(27,28)29)21(24(34)25(32)35)23(33)17-6-8-18(9-7-17)37-14-13-36-2/h3-12,22,34H,13-14H2,1-2H3. The summed E-state index contributed by atoms with van der Waals surface area (Å²) in [4.78, 5) is 27.8. The Morgan fingerprint density at radius 2 is 1.63 bits per heavy atom. The number of carbonyl (C=O) groups excluding carboxylic acids is 2. The van der Waals surface area contributed by atoms with Crippen LogP contribution < -0.4 is 14.4 Å². The lowest BCUT2D eigenvalue weighted by Gasteiger charge is -2.25. The van der Waals surface area contributed by atoms with E-state index in [1.54, 1.807) is 25.1 Å². The van der Waals surface area contributed by atoms with Crippen LogP contribution >= 0.6 is 0 Å². The molecular weight excluding hydrogens is 507 g/mol. The number of Topliss-reactive ketones (excluding diaryl/α,β-unsaturated/α-hetero) is 1. The number of carbonyl (C=O) groups is 2. The third kappa shape index (κ3) is 5.75. The Morgan fingerprint density at radius 1 is 0.974 bits per heavy atom. The van der Waals surface area contributed by atoms with E-state index < -0.39 is 35.6 Å². The molecule has 2 aromatic carbocycles. The predicted molar refractivity (Wildman–Crippen MR) is 128 cm³/mol. The molecule has 1 unspecified atom stereocenters. The minimum atomic E-state index is -4.90. The highest BCUT2D eigenvalue weighted by molar-refractivity contribution is 6.20. The van der Waals surface area contributed by atoms with Crippen molar-refractivity contribution in [2.24, 2.45) is 0 Å². The minimum absolute atomic E-state index is 0.0393. The SMILES string of the molecule is COCCOc1ccc(C(=O)C2=C(O)C(=O)N(c3ccc(C)nn3)C2c2ccc(OC(F)(F)F)cc2)cc1. The number of aliphatic hydroxyl groups is 1. The molecule has 0 bridgehead atoms. The zero-order valence-corrected chi connectivity index (χ0v) is 20.2. The van der Waals surface area contributed by atoms with Gasteiger partial charge in [-0.15, -0.1) is 18.3 Å². The average molecular weight is 529 g/mol. The number of anilines is 1. The van der Waals surface area contributed by atoms with Gasteiger partial charge in [0, 0.05) is 12.7 Å². The first-order valence-corrected chi connectivity index (χ1v) is 11.3. The smallest absolute Gasteiger partial charge is 0.503 e. The van der Waals surface area contributed by atoms with Crippen LogP contribution in [0.1, 0.15) is 27.7 Å². The van der Waals surface area contributed by atoms with Gasteiger partial charge in [-0.05, 0) is 61.0 Å². The third-order valence-corrected chi connectivity index (χ3v) is 5.59. The zero-order valence-electron chi connectivity index (χ0n) is 20.2. The molecule has 1 amide bonds. The van der Waals surface area contributed by atoms with Gasteiger partial charge in [0.1, 0.15) is 18.1 Å². The van der Waals surface area contributed by atoms with Crippen LogP contribution in [0.2, 0.25) is 0 Å². The molecule has 0 saturated heterocycles. The second-order valence-corrected chi connectivity index (χ2v) is 8.18. The quantitative estimate of drug-likeness (QED) is 0.319. The number of halogens is 3. The van der Waals surface area contributed by atoms with Crippen molar-refractivity contribution in [1.82, 2.24) is 10.2 Å². The highest BCUT2D eigenvalue weighted by Crippen LogP contribution is 2.41. The summed E-state index contributed by atoms with van der Waals surface area (Å²) in [5.74, 6) is -2.35. The van der Waals surface area contributed by atoms with Crippen molar-refractivity contribution in [2.45, 2.75) is 19.3 Å². The maximum atomic E-state index is 13.6. The molecule has 0 radical (unpaired) electrons. The monoisotopic (exact) mass is 529 g/mol. The van der Waals surface area contributed by atoms with Gasteiger partial charge in [0.2, 0.25) is 0 Å². The lowest BCUT2D eigenvalue weighted by Crippen LogP contribution is -2.32. The number of methoxy groups -OCH3 is 1. The first kappa shape index (κ1) is 26.6. The number of aryl methyl sites for hydroxylation is 1. The Kier molecular flexibility index (Phi) is 7.62. The van der Waals surface area contributed by atoms with Crippen molar-refractivity contribution in [2.75, 3.05) is 25.2 Å². The van der Waals surface area contributed by atoms with Gasteiger partial charge in [-0.1, -0.05) is 12.1 Å². The van der Waals surface area contributed by atoms with Crippen LogP contribution in [0.4, 0.5) is 19.0 Å². The number of rotatable bonds is 9. The Balaban J connectivity index is 1.72. The maximum absolute atomic E-state index is 13.6. The molecule has 12 heteroatoms. The van der Waals surface area contributed by atoms with Crippen LogP contribution in [0, 0.1) is 6.92 Å². The lowest BCUT2D eigenvalue weighted by molar-refractivity contribution is -0.274. The summed E-state index contributed by atoms with van der Waals surface area (Å²) < 4.78 is 52.3. The molecule has 0 aliphatic carbocycles. The van der Waals surface area contributed by atoms with E-state index in [9.17, 15) is 27.9 Å². The number of benzene rings is 2. The number of ketones is 1. The van der Waals surface area contributed by atoms with Crippen molar-refractivity contribution in [3.8, 4) is 11.5 Å². The van der Waals surface area contributed by atoms with Crippen LogP contribution in [0.5, 0.6) is 11.5 Å². The Labute approximate surface area is 215 Å². The van der Waals surface area contributed by atoms with Crippen LogP contribution in [0.25, 0.3) is 0 Å². The minimum Gasteiger partial charge on any atom is -0.503 e. The number of aromatic nitrogens is 2. The summed E-state index contributed by atoms with van der Waals surface area (Å²) in [6.45, 7) is 2.36. The third-order valence-electron chi connectivity index (χ3n) is 5.59. The van der Waals surface area contributed by atoms with Gasteiger partial charge in [0.25, 0.3) is 5.91 Å². The van der Waals surface area contributed by atoms with E-state index in [0.717, 1.165) is 17.0 Å². The number of hydrogen-bond donors (Lipinski definition) is 1. The number of alkyl halides is 3. The van der Waals surface area contributed by atoms with E-state index in [1.807, 2.05) is 0 Å². The molecule has 0 fully saturated rings. The fourth-order valence-electron chi connectivity index (χ4n) is 3.86. The molecule has 1 aliphatic heterocycles. The van der Waals surface area contributed by atoms with Gasteiger partial charge in [0.15, 0.2) is 17.4 Å². The molecule has 1 atom stereocenters. The van der Waals surface area contributed by atoms with Crippen LogP contribution in [0.3, 0.4) is 0 Å². The van der Waals surface area contributed by atoms with Crippen molar-refractivity contribution in [3.63, 3.8) is 0 Å². The van der Waals surface area contributed by atoms with Gasteiger partial charge in [-0.3, -0.25) is 14.5 Å². The number of aliphatic hydroxyl groups excluding tert-OH is 1. The van der Waals surface area contributed by atoms with E-state index in [1.165, 1.54) is 37.4 Å². The number of amides is 1. The van der Waals surface area contributed by atoms with Crippen LogP contribution in [-0.4, -0.2) is 53.7 Å². The van der Waals surface area contributed by atoms with Crippen molar-refractivity contribution < 1.29 is 42.1 Å². The van der Waals surface area contributed by atoms with E-state index in [0.29, 0.717) is 24.7 Å². The van der Waals surface area contributed by atoms with E-state index in [2.05, 4.69) is 14.9 Å². The molecular formula is C26H22F3N3O6. The van der Waals surface area contributed by atoms with Crippen LogP contribution in [0.15, 0.2) is 72.0 Å². The highest BCUT2D eigenvalue weighted by atomic mass is 19.4. The van der Waals surface area contributed by atoms with E-state index in [-0.39, 0.29) is 22.5 Å². The number of nitrogens with zero attached hydrogens (tertiary/aromatic N) is 3. The van der Waals surface area contributed by atoms with Crippen molar-refractivity contribution >= 4 is 17.5 Å². The normalized spacial score (nSPS) is 15.7. The molecule has 1 aromatic heterocycles. The number of ether oxygens (including phenoxy) is 3. The zero-order chi connectivity index (χ0) is 27.4. The van der Waals surface area contributed by atoms with E-state index in [4.69, 9.17) is 9.47 Å². The van der Waals surface area contributed by atoms with E-state index >= 15 is 0 Å². The predicted octanol–water partition coefficient (Wildman–Crippen LogP) is 4.49. The molecule has 1 N–H and O–H groups in total. The molecule has 2 heterocycles. The fraction of sp³-hybridized carbons (Fsp3) is 0.231. The van der Waals surface area contributed by atoms with Gasteiger partial charge in [-0.25, -0.2) is 0 Å². The summed E-state index contributed by atoms with van der Waals surface area (Å²) in [5, 5.41) is 18.8. The molecule has 1 aliphatic rings. The fourth-order valence-corrected chi connectivity index (χ4v) is 3.86. The van der Waals surface area contributed by atoms with Crippen LogP contribution in [-0.2, 0) is 9.53 Å². The average Bonchev–Trinajstić information content (AvgIpc) is 3.14. The summed E-state index contributed by atoms with van der Waals surface area (Å²) in [5.41, 5.74) is 0.682. The second-order valence-electron chi connectivity index (χ2n) is 8.18. The first-order chi connectivity index (χ1) is 18.1. The summed E-state index contributed by atoms with van der Waals surface area (Å²) in [6.07, 6.45) is -4.90. The number of hydrogen-bond acceptors (Lipinski definition) is 8. The second kappa shape index (κ2) is 10.9. The molecule has 0 spiro atoms. The van der Waals surface area contributed by atoms with Gasteiger partial charge >= 0.3 is 6.36 Å². The molecule has 4 rings (SSSR count). The first-order valence-electron chi connectivity index (χ1n) is 11.3.